The monoisotopic (exact) mass is 261 g/mol. The number of carbonyl (C=O) groups is 2. The molecule has 0 heterocycles. The zero-order valence-corrected chi connectivity index (χ0v) is 11.2. The highest BCUT2D eigenvalue weighted by atomic mass is 16.2. The van der Waals surface area contributed by atoms with Crippen LogP contribution in [0.4, 0.5) is 11.4 Å². The van der Waals surface area contributed by atoms with Crippen LogP contribution in [0.5, 0.6) is 0 Å². The van der Waals surface area contributed by atoms with Crippen molar-refractivity contribution in [1.29, 1.82) is 0 Å². The largest absolute Gasteiger partial charge is 0.380 e. The van der Waals surface area contributed by atoms with E-state index in [-0.39, 0.29) is 11.8 Å². The van der Waals surface area contributed by atoms with Crippen molar-refractivity contribution in [3.05, 3.63) is 23.8 Å². The predicted molar refractivity (Wildman–Crippen MR) is 75.4 cm³/mol. The van der Waals surface area contributed by atoms with E-state index in [1.807, 2.05) is 6.07 Å². The van der Waals surface area contributed by atoms with Crippen molar-refractivity contribution in [2.45, 2.75) is 32.2 Å². The average Bonchev–Trinajstić information content (AvgIpc) is 3.23. The van der Waals surface area contributed by atoms with Gasteiger partial charge in [0.15, 0.2) is 0 Å². The van der Waals surface area contributed by atoms with E-state index in [0.29, 0.717) is 29.4 Å². The van der Waals surface area contributed by atoms with Crippen LogP contribution in [0.1, 0.15) is 36.5 Å². The van der Waals surface area contributed by atoms with Gasteiger partial charge in [-0.2, -0.15) is 0 Å². The summed E-state index contributed by atoms with van der Waals surface area (Å²) in [6.07, 6.45) is 2.61. The molecule has 0 radical (unpaired) electrons. The summed E-state index contributed by atoms with van der Waals surface area (Å²) in [6, 6.07) is 5.74. The number of carbonyl (C=O) groups excluding carboxylic acids is 2. The standard InChI is InChI=1S/C14H19N3O2/c1-3-12(18)17-11-6-4-5-10(14(19)15-2)13(11)16-9-7-8-9/h4-6,9,16H,3,7-8H2,1-2H3,(H,15,19)(H,17,18). The van der Waals surface area contributed by atoms with E-state index >= 15 is 0 Å². The number of rotatable bonds is 5. The Morgan fingerprint density at radius 3 is 2.63 bits per heavy atom. The van der Waals surface area contributed by atoms with Crippen LogP contribution in [0.3, 0.4) is 0 Å². The normalized spacial score (nSPS) is 13.8. The van der Waals surface area contributed by atoms with Gasteiger partial charge in [0.05, 0.1) is 16.9 Å². The number of amides is 2. The number of anilines is 2. The van der Waals surface area contributed by atoms with Crippen molar-refractivity contribution < 1.29 is 9.59 Å². The smallest absolute Gasteiger partial charge is 0.253 e. The highest BCUT2D eigenvalue weighted by molar-refractivity contribution is 6.05. The minimum absolute atomic E-state index is 0.0621. The molecule has 1 aliphatic carbocycles. The maximum absolute atomic E-state index is 11.9. The second-order valence-electron chi connectivity index (χ2n) is 4.63. The molecule has 1 saturated carbocycles. The third kappa shape index (κ3) is 3.24. The van der Waals surface area contributed by atoms with Crippen molar-refractivity contribution in [1.82, 2.24) is 5.32 Å². The van der Waals surface area contributed by atoms with E-state index in [1.54, 1.807) is 26.1 Å². The van der Waals surface area contributed by atoms with E-state index in [0.717, 1.165) is 12.8 Å². The summed E-state index contributed by atoms with van der Waals surface area (Å²) >= 11 is 0. The van der Waals surface area contributed by atoms with Gasteiger partial charge in [0.25, 0.3) is 5.91 Å². The van der Waals surface area contributed by atoms with Crippen LogP contribution < -0.4 is 16.0 Å². The molecule has 0 bridgehead atoms. The van der Waals surface area contributed by atoms with E-state index in [4.69, 9.17) is 0 Å². The number of benzene rings is 1. The van der Waals surface area contributed by atoms with Gasteiger partial charge in [0.2, 0.25) is 5.91 Å². The number of nitrogens with one attached hydrogen (secondary N) is 3. The van der Waals surface area contributed by atoms with Gasteiger partial charge in [-0.3, -0.25) is 9.59 Å². The Labute approximate surface area is 112 Å². The molecule has 1 fully saturated rings. The summed E-state index contributed by atoms with van der Waals surface area (Å²) in [6.45, 7) is 1.80. The molecule has 2 amide bonds. The quantitative estimate of drug-likeness (QED) is 0.759. The summed E-state index contributed by atoms with van der Waals surface area (Å²) < 4.78 is 0. The topological polar surface area (TPSA) is 70.2 Å². The second-order valence-corrected chi connectivity index (χ2v) is 4.63. The summed E-state index contributed by atoms with van der Waals surface area (Å²) in [5, 5.41) is 8.77. The Balaban J connectivity index is 2.34. The molecule has 0 atom stereocenters. The fraction of sp³-hybridized carbons (Fsp3) is 0.429. The molecule has 5 nitrogen and oxygen atoms in total. The van der Waals surface area contributed by atoms with Crippen LogP contribution in [0.25, 0.3) is 0 Å². The SMILES string of the molecule is CCC(=O)Nc1cccc(C(=O)NC)c1NC1CC1. The number of hydrogen-bond donors (Lipinski definition) is 3. The molecule has 0 aliphatic heterocycles. The molecule has 3 N–H and O–H groups in total. The Bertz CT molecular complexity index is 495. The maximum Gasteiger partial charge on any atom is 0.253 e. The molecule has 102 valence electrons. The lowest BCUT2D eigenvalue weighted by Gasteiger charge is -2.16. The second kappa shape index (κ2) is 5.73. The maximum atomic E-state index is 11.9. The first-order valence-corrected chi connectivity index (χ1v) is 6.57. The van der Waals surface area contributed by atoms with Crippen LogP contribution >= 0.6 is 0 Å². The van der Waals surface area contributed by atoms with Gasteiger partial charge in [-0.1, -0.05) is 13.0 Å². The van der Waals surface area contributed by atoms with Crippen molar-refractivity contribution in [3.8, 4) is 0 Å². The first-order chi connectivity index (χ1) is 9.15. The van der Waals surface area contributed by atoms with Crippen LogP contribution in [0, 0.1) is 0 Å². The van der Waals surface area contributed by atoms with Gasteiger partial charge in [0.1, 0.15) is 0 Å². The van der Waals surface area contributed by atoms with E-state index < -0.39 is 0 Å². The lowest BCUT2D eigenvalue weighted by Crippen LogP contribution is -2.21. The summed E-state index contributed by atoms with van der Waals surface area (Å²) in [4.78, 5) is 23.4. The first-order valence-electron chi connectivity index (χ1n) is 6.57. The van der Waals surface area contributed by atoms with Crippen LogP contribution in [-0.4, -0.2) is 24.9 Å². The van der Waals surface area contributed by atoms with Crippen LogP contribution in [0.2, 0.25) is 0 Å². The molecule has 0 unspecified atom stereocenters. The summed E-state index contributed by atoms with van der Waals surface area (Å²) in [5.41, 5.74) is 1.94. The third-order valence-electron chi connectivity index (χ3n) is 3.06. The number of hydrogen-bond acceptors (Lipinski definition) is 3. The molecule has 5 heteroatoms. The highest BCUT2D eigenvalue weighted by Gasteiger charge is 2.25. The molecule has 0 saturated heterocycles. The Morgan fingerprint density at radius 2 is 2.05 bits per heavy atom. The molecule has 19 heavy (non-hydrogen) atoms. The molecule has 1 aromatic rings. The fourth-order valence-electron chi connectivity index (χ4n) is 1.81. The van der Waals surface area contributed by atoms with Gasteiger partial charge >= 0.3 is 0 Å². The molecule has 0 aromatic heterocycles. The van der Waals surface area contributed by atoms with Crippen LogP contribution in [0.15, 0.2) is 18.2 Å². The van der Waals surface area contributed by atoms with E-state index in [2.05, 4.69) is 16.0 Å². The van der Waals surface area contributed by atoms with Crippen molar-refractivity contribution >= 4 is 23.2 Å². The van der Waals surface area contributed by atoms with Gasteiger partial charge < -0.3 is 16.0 Å². The first kappa shape index (κ1) is 13.4. The number of para-hydroxylation sites is 1. The summed E-state index contributed by atoms with van der Waals surface area (Å²) in [7, 11) is 1.60. The van der Waals surface area contributed by atoms with Crippen molar-refractivity contribution in [3.63, 3.8) is 0 Å². The molecule has 1 aromatic carbocycles. The Kier molecular flexibility index (Phi) is 4.04. The van der Waals surface area contributed by atoms with Crippen molar-refractivity contribution in [2.24, 2.45) is 0 Å². The molecule has 2 rings (SSSR count). The molecular formula is C14H19N3O2. The Hall–Kier alpha value is -2.04. The predicted octanol–water partition coefficient (Wildman–Crippen LogP) is 1.97. The zero-order chi connectivity index (χ0) is 13.8. The highest BCUT2D eigenvalue weighted by Crippen LogP contribution is 2.32. The lowest BCUT2D eigenvalue weighted by atomic mass is 10.1. The molecule has 1 aliphatic rings. The Morgan fingerprint density at radius 1 is 1.32 bits per heavy atom. The van der Waals surface area contributed by atoms with Gasteiger partial charge in [0, 0.05) is 19.5 Å². The van der Waals surface area contributed by atoms with Gasteiger partial charge in [-0.15, -0.1) is 0 Å². The van der Waals surface area contributed by atoms with E-state index in [1.165, 1.54) is 0 Å². The lowest BCUT2D eigenvalue weighted by molar-refractivity contribution is -0.115. The van der Waals surface area contributed by atoms with Gasteiger partial charge in [-0.25, -0.2) is 0 Å². The fourth-order valence-corrected chi connectivity index (χ4v) is 1.81. The minimum Gasteiger partial charge on any atom is -0.380 e. The molecule has 0 spiro atoms. The van der Waals surface area contributed by atoms with E-state index in [9.17, 15) is 9.59 Å². The minimum atomic E-state index is -0.157. The third-order valence-corrected chi connectivity index (χ3v) is 3.06. The molecular weight excluding hydrogens is 242 g/mol. The van der Waals surface area contributed by atoms with Crippen molar-refractivity contribution in [2.75, 3.05) is 17.7 Å². The average molecular weight is 261 g/mol. The summed E-state index contributed by atoms with van der Waals surface area (Å²) in [5.74, 6) is -0.219. The van der Waals surface area contributed by atoms with Gasteiger partial charge in [-0.05, 0) is 25.0 Å². The van der Waals surface area contributed by atoms with Crippen LogP contribution in [-0.2, 0) is 4.79 Å². The zero-order valence-electron chi connectivity index (χ0n) is 11.2.